The molecule has 0 saturated heterocycles. The molecule has 2 N–H and O–H groups in total. The van der Waals surface area contributed by atoms with Crippen LogP contribution >= 0.6 is 11.9 Å². The average Bonchev–Trinajstić information content (AvgIpc) is 2.60. The highest BCUT2D eigenvalue weighted by molar-refractivity contribution is 8.01. The molecule has 26 heavy (non-hydrogen) atoms. The minimum absolute atomic E-state index is 0.0183. The van der Waals surface area contributed by atoms with Gasteiger partial charge in [-0.2, -0.15) is 0 Å². The first-order valence-corrected chi connectivity index (χ1v) is 9.59. The number of anilines is 1. The van der Waals surface area contributed by atoms with E-state index in [0.717, 1.165) is 38.7 Å². The predicted molar refractivity (Wildman–Crippen MR) is 112 cm³/mol. The standard InChI is InChI=1S/C22H23NO2S/c1-14(2)26-23-18-9-6-8-17(12-18)22-19-10-5-4-7-16(19)11-15(3)20(22)13-21(24)25/h4-12,14,23H,13H2,1-3H3,(H,24,25). The molecule has 0 fully saturated rings. The number of carboxylic acids is 1. The Morgan fingerprint density at radius 2 is 1.88 bits per heavy atom. The zero-order valence-corrected chi connectivity index (χ0v) is 16.1. The van der Waals surface area contributed by atoms with Gasteiger partial charge in [0, 0.05) is 10.9 Å². The molecule has 0 spiro atoms. The fourth-order valence-corrected chi connectivity index (χ4v) is 3.66. The number of hydrogen-bond donors (Lipinski definition) is 2. The third-order valence-electron chi connectivity index (χ3n) is 4.27. The van der Waals surface area contributed by atoms with Gasteiger partial charge in [0.25, 0.3) is 0 Å². The van der Waals surface area contributed by atoms with Crippen LogP contribution in [-0.2, 0) is 11.2 Å². The van der Waals surface area contributed by atoms with E-state index in [9.17, 15) is 9.90 Å². The van der Waals surface area contributed by atoms with Gasteiger partial charge in [0.2, 0.25) is 0 Å². The molecule has 3 aromatic rings. The van der Waals surface area contributed by atoms with Crippen LogP contribution in [0.1, 0.15) is 25.0 Å². The number of hydrogen-bond acceptors (Lipinski definition) is 3. The molecule has 0 aliphatic carbocycles. The monoisotopic (exact) mass is 365 g/mol. The van der Waals surface area contributed by atoms with Gasteiger partial charge in [-0.1, -0.05) is 56.3 Å². The van der Waals surface area contributed by atoms with Crippen LogP contribution < -0.4 is 4.72 Å². The molecule has 0 aromatic heterocycles. The summed E-state index contributed by atoms with van der Waals surface area (Å²) >= 11 is 1.67. The Kier molecular flexibility index (Phi) is 5.52. The van der Waals surface area contributed by atoms with Gasteiger partial charge in [0.1, 0.15) is 0 Å². The lowest BCUT2D eigenvalue weighted by molar-refractivity contribution is -0.136. The molecule has 0 radical (unpaired) electrons. The molecule has 3 nitrogen and oxygen atoms in total. The second-order valence-electron chi connectivity index (χ2n) is 6.69. The van der Waals surface area contributed by atoms with Crippen molar-refractivity contribution in [2.75, 3.05) is 4.72 Å². The Morgan fingerprint density at radius 1 is 1.12 bits per heavy atom. The van der Waals surface area contributed by atoms with Gasteiger partial charge in [0.15, 0.2) is 0 Å². The summed E-state index contributed by atoms with van der Waals surface area (Å²) in [6, 6.07) is 18.4. The van der Waals surface area contributed by atoms with Crippen LogP contribution in [0.2, 0.25) is 0 Å². The van der Waals surface area contributed by atoms with Crippen LogP contribution in [0.3, 0.4) is 0 Å². The summed E-state index contributed by atoms with van der Waals surface area (Å²) in [5.74, 6) is -0.811. The molecule has 4 heteroatoms. The summed E-state index contributed by atoms with van der Waals surface area (Å²) in [7, 11) is 0. The lowest BCUT2D eigenvalue weighted by Crippen LogP contribution is -2.05. The first-order valence-electron chi connectivity index (χ1n) is 8.71. The summed E-state index contributed by atoms with van der Waals surface area (Å²) in [4.78, 5) is 11.5. The predicted octanol–water partition coefficient (Wildman–Crippen LogP) is 5.91. The molecular formula is C22H23NO2S. The van der Waals surface area contributed by atoms with E-state index in [-0.39, 0.29) is 6.42 Å². The number of rotatable bonds is 6. The van der Waals surface area contributed by atoms with E-state index in [1.165, 1.54) is 0 Å². The number of benzene rings is 3. The van der Waals surface area contributed by atoms with E-state index in [4.69, 9.17) is 0 Å². The number of fused-ring (bicyclic) bond motifs is 1. The Hall–Kier alpha value is -2.46. The van der Waals surface area contributed by atoms with Gasteiger partial charge in [-0.25, -0.2) is 0 Å². The second-order valence-corrected chi connectivity index (χ2v) is 8.07. The zero-order chi connectivity index (χ0) is 18.7. The molecule has 0 aliphatic heterocycles. The van der Waals surface area contributed by atoms with Crippen molar-refractivity contribution in [1.29, 1.82) is 0 Å². The summed E-state index contributed by atoms with van der Waals surface area (Å²) < 4.78 is 3.38. The highest BCUT2D eigenvalue weighted by Gasteiger charge is 2.16. The largest absolute Gasteiger partial charge is 0.481 e. The fraction of sp³-hybridized carbons (Fsp3) is 0.227. The smallest absolute Gasteiger partial charge is 0.307 e. The maximum absolute atomic E-state index is 11.5. The summed E-state index contributed by atoms with van der Waals surface area (Å²) in [5, 5.41) is 12.1. The third-order valence-corrected chi connectivity index (χ3v) is 5.10. The SMILES string of the molecule is Cc1cc2ccccc2c(-c2cccc(NSC(C)C)c2)c1CC(=O)O. The van der Waals surface area contributed by atoms with Gasteiger partial charge >= 0.3 is 5.97 Å². The van der Waals surface area contributed by atoms with Crippen LogP contribution in [0.25, 0.3) is 21.9 Å². The zero-order valence-electron chi connectivity index (χ0n) is 15.2. The van der Waals surface area contributed by atoms with Gasteiger partial charge in [0.05, 0.1) is 6.42 Å². The fourth-order valence-electron chi connectivity index (χ4n) is 3.16. The Bertz CT molecular complexity index is 950. The minimum Gasteiger partial charge on any atom is -0.481 e. The van der Waals surface area contributed by atoms with Crippen molar-refractivity contribution in [3.8, 4) is 11.1 Å². The average molecular weight is 365 g/mol. The van der Waals surface area contributed by atoms with E-state index in [0.29, 0.717) is 5.25 Å². The third kappa shape index (κ3) is 4.02. The number of carbonyl (C=O) groups is 1. The number of aliphatic carboxylic acids is 1. The Morgan fingerprint density at radius 3 is 2.62 bits per heavy atom. The van der Waals surface area contributed by atoms with E-state index in [2.05, 4.69) is 48.9 Å². The number of nitrogens with one attached hydrogen (secondary N) is 1. The molecule has 0 amide bonds. The van der Waals surface area contributed by atoms with Crippen LogP contribution in [0.15, 0.2) is 54.6 Å². The number of carboxylic acid groups (broad SMARTS) is 1. The molecule has 3 aromatic carbocycles. The summed E-state index contributed by atoms with van der Waals surface area (Å²) in [6.45, 7) is 6.27. The molecule has 0 saturated carbocycles. The Balaban J connectivity index is 2.19. The highest BCUT2D eigenvalue weighted by atomic mass is 32.2. The maximum Gasteiger partial charge on any atom is 0.307 e. The Labute approximate surface area is 158 Å². The van der Waals surface area contributed by atoms with Gasteiger partial charge < -0.3 is 9.83 Å². The molecule has 0 unspecified atom stereocenters. The van der Waals surface area contributed by atoms with E-state index in [1.54, 1.807) is 11.9 Å². The van der Waals surface area contributed by atoms with Crippen molar-refractivity contribution < 1.29 is 9.90 Å². The minimum atomic E-state index is -0.811. The van der Waals surface area contributed by atoms with Gasteiger partial charge in [-0.05, 0) is 64.0 Å². The normalized spacial score (nSPS) is 11.1. The van der Waals surface area contributed by atoms with Crippen molar-refractivity contribution in [1.82, 2.24) is 0 Å². The van der Waals surface area contributed by atoms with E-state index >= 15 is 0 Å². The molecule has 134 valence electrons. The van der Waals surface area contributed by atoms with Crippen molar-refractivity contribution in [3.05, 3.63) is 65.7 Å². The van der Waals surface area contributed by atoms with Crippen molar-refractivity contribution in [3.63, 3.8) is 0 Å². The first-order chi connectivity index (χ1) is 12.5. The van der Waals surface area contributed by atoms with Crippen LogP contribution in [0.4, 0.5) is 5.69 Å². The molecule has 3 rings (SSSR count). The van der Waals surface area contributed by atoms with Crippen molar-refractivity contribution in [2.45, 2.75) is 32.4 Å². The topological polar surface area (TPSA) is 49.3 Å². The lowest BCUT2D eigenvalue weighted by atomic mass is 9.88. The maximum atomic E-state index is 11.5. The van der Waals surface area contributed by atoms with E-state index < -0.39 is 5.97 Å². The molecular weight excluding hydrogens is 342 g/mol. The van der Waals surface area contributed by atoms with Crippen LogP contribution in [0, 0.1) is 6.92 Å². The lowest BCUT2D eigenvalue weighted by Gasteiger charge is -2.17. The second kappa shape index (κ2) is 7.83. The molecule has 0 aliphatic rings. The quantitative estimate of drug-likeness (QED) is 0.533. The van der Waals surface area contributed by atoms with Crippen molar-refractivity contribution in [2.24, 2.45) is 0 Å². The molecule has 0 heterocycles. The number of aryl methyl sites for hydroxylation is 1. The molecule has 0 atom stereocenters. The van der Waals surface area contributed by atoms with Gasteiger partial charge in [-0.3, -0.25) is 4.79 Å². The first kappa shape index (κ1) is 18.3. The summed E-state index contributed by atoms with van der Waals surface area (Å²) in [5.41, 5.74) is 4.96. The van der Waals surface area contributed by atoms with Crippen molar-refractivity contribution >= 4 is 34.4 Å². The summed E-state index contributed by atoms with van der Waals surface area (Å²) in [6.07, 6.45) is 0.0183. The van der Waals surface area contributed by atoms with Crippen LogP contribution in [0.5, 0.6) is 0 Å². The van der Waals surface area contributed by atoms with Crippen LogP contribution in [-0.4, -0.2) is 16.3 Å². The van der Waals surface area contributed by atoms with E-state index in [1.807, 2.05) is 31.2 Å². The highest BCUT2D eigenvalue weighted by Crippen LogP contribution is 2.36. The molecule has 0 bridgehead atoms. The van der Waals surface area contributed by atoms with Gasteiger partial charge in [-0.15, -0.1) is 0 Å².